The number of nitro benzene ring substituents is 1. The summed E-state index contributed by atoms with van der Waals surface area (Å²) in [4.78, 5) is 22.0. The zero-order chi connectivity index (χ0) is 24.7. The van der Waals surface area contributed by atoms with Gasteiger partial charge in [-0.25, -0.2) is 5.43 Å². The monoisotopic (exact) mass is 503 g/mol. The molecule has 12 heteroatoms. The van der Waals surface area contributed by atoms with Crippen LogP contribution in [0.4, 0.5) is 5.69 Å². The van der Waals surface area contributed by atoms with E-state index in [1.165, 1.54) is 24.4 Å². The molecule has 34 heavy (non-hydrogen) atoms. The first kappa shape index (κ1) is 24.7. The Balaban J connectivity index is 1.75. The standard InChI is InChI=1S/C22H18ClN3O7S/c1-2-32-21-13-15(14-24-25-22(27)16-4-6-17(23)7-5-16)3-12-20(21)33-34(30,31)19-10-8-18(9-11-19)26(28)29/h3-14H,2H2,1H3,(H,25,27)/b24-14-. The normalized spacial score (nSPS) is 11.2. The summed E-state index contributed by atoms with van der Waals surface area (Å²) >= 11 is 5.80. The summed E-state index contributed by atoms with van der Waals surface area (Å²) in [5.41, 5.74) is 3.00. The predicted molar refractivity (Wildman–Crippen MR) is 125 cm³/mol. The van der Waals surface area contributed by atoms with Gasteiger partial charge in [0, 0.05) is 22.7 Å². The maximum atomic E-state index is 12.6. The number of hydrogen-bond donors (Lipinski definition) is 1. The van der Waals surface area contributed by atoms with Crippen LogP contribution >= 0.6 is 11.6 Å². The second kappa shape index (κ2) is 10.8. The van der Waals surface area contributed by atoms with E-state index >= 15 is 0 Å². The molecule has 0 saturated carbocycles. The summed E-state index contributed by atoms with van der Waals surface area (Å²) in [6.45, 7) is 1.93. The molecule has 0 bridgehead atoms. The summed E-state index contributed by atoms with van der Waals surface area (Å²) in [5, 5.41) is 15.2. The van der Waals surface area contributed by atoms with Crippen LogP contribution in [0.3, 0.4) is 0 Å². The summed E-state index contributed by atoms with van der Waals surface area (Å²) in [6, 6.07) is 14.9. The van der Waals surface area contributed by atoms with E-state index in [0.29, 0.717) is 16.1 Å². The molecule has 3 aromatic carbocycles. The van der Waals surface area contributed by atoms with Crippen LogP contribution in [0.5, 0.6) is 11.5 Å². The highest BCUT2D eigenvalue weighted by Crippen LogP contribution is 2.31. The van der Waals surface area contributed by atoms with Crippen molar-refractivity contribution < 1.29 is 27.1 Å². The van der Waals surface area contributed by atoms with Crippen molar-refractivity contribution in [1.29, 1.82) is 0 Å². The SMILES string of the molecule is CCOc1cc(/C=N\NC(=O)c2ccc(Cl)cc2)ccc1OS(=O)(=O)c1ccc([N+](=O)[O-])cc1. The molecule has 3 rings (SSSR count). The van der Waals surface area contributed by atoms with Gasteiger partial charge in [-0.15, -0.1) is 0 Å². The summed E-state index contributed by atoms with van der Waals surface area (Å²) in [6.07, 6.45) is 1.35. The molecule has 176 valence electrons. The van der Waals surface area contributed by atoms with Crippen molar-refractivity contribution in [2.45, 2.75) is 11.8 Å². The van der Waals surface area contributed by atoms with Crippen LogP contribution in [-0.2, 0) is 10.1 Å². The van der Waals surface area contributed by atoms with E-state index in [-0.39, 0.29) is 28.7 Å². The van der Waals surface area contributed by atoms with E-state index in [2.05, 4.69) is 10.5 Å². The number of carbonyl (C=O) groups is 1. The highest BCUT2D eigenvalue weighted by atomic mass is 35.5. The van der Waals surface area contributed by atoms with E-state index in [1.807, 2.05) is 0 Å². The number of hydrogen-bond acceptors (Lipinski definition) is 8. The van der Waals surface area contributed by atoms with Crippen LogP contribution in [0.2, 0.25) is 5.02 Å². The number of rotatable bonds is 9. The molecule has 0 atom stereocenters. The molecule has 3 aromatic rings. The first-order chi connectivity index (χ1) is 16.2. The maximum Gasteiger partial charge on any atom is 0.339 e. The van der Waals surface area contributed by atoms with E-state index in [1.54, 1.807) is 31.2 Å². The molecule has 0 heterocycles. The number of hydrazone groups is 1. The molecular formula is C22H18ClN3O7S. The second-order valence-electron chi connectivity index (χ2n) is 6.63. The number of non-ortho nitro benzene ring substituents is 1. The van der Waals surface area contributed by atoms with Crippen LogP contribution < -0.4 is 14.3 Å². The van der Waals surface area contributed by atoms with Gasteiger partial charge in [-0.05, 0) is 67.1 Å². The van der Waals surface area contributed by atoms with Crippen molar-refractivity contribution in [3.8, 4) is 11.5 Å². The predicted octanol–water partition coefficient (Wildman–Crippen LogP) is 4.18. The minimum Gasteiger partial charge on any atom is -0.490 e. The fourth-order valence-electron chi connectivity index (χ4n) is 2.67. The van der Waals surface area contributed by atoms with Gasteiger partial charge < -0.3 is 8.92 Å². The zero-order valence-electron chi connectivity index (χ0n) is 17.7. The Morgan fingerprint density at radius 3 is 2.38 bits per heavy atom. The third-order valence-electron chi connectivity index (χ3n) is 4.29. The first-order valence-corrected chi connectivity index (χ1v) is 11.5. The number of ether oxygens (including phenoxy) is 1. The van der Waals surface area contributed by atoms with Crippen molar-refractivity contribution in [1.82, 2.24) is 5.43 Å². The van der Waals surface area contributed by atoms with Crippen LogP contribution in [0.25, 0.3) is 0 Å². The van der Waals surface area contributed by atoms with Gasteiger partial charge in [0.25, 0.3) is 11.6 Å². The lowest BCUT2D eigenvalue weighted by molar-refractivity contribution is -0.384. The summed E-state index contributed by atoms with van der Waals surface area (Å²) < 4.78 is 35.9. The van der Waals surface area contributed by atoms with Gasteiger partial charge in [-0.3, -0.25) is 14.9 Å². The van der Waals surface area contributed by atoms with E-state index < -0.39 is 20.9 Å². The van der Waals surface area contributed by atoms with Gasteiger partial charge in [0.15, 0.2) is 11.5 Å². The fraction of sp³-hybridized carbons (Fsp3) is 0.0909. The van der Waals surface area contributed by atoms with Gasteiger partial charge >= 0.3 is 10.1 Å². The van der Waals surface area contributed by atoms with Crippen LogP contribution in [0, 0.1) is 10.1 Å². The molecule has 0 radical (unpaired) electrons. The van der Waals surface area contributed by atoms with E-state index in [0.717, 1.165) is 24.3 Å². The molecule has 0 aromatic heterocycles. The molecule has 10 nitrogen and oxygen atoms in total. The van der Waals surface area contributed by atoms with E-state index in [4.69, 9.17) is 20.5 Å². The Labute approximate surface area is 200 Å². The third-order valence-corrected chi connectivity index (χ3v) is 5.79. The number of carbonyl (C=O) groups excluding carboxylic acids is 1. The van der Waals surface area contributed by atoms with Gasteiger partial charge in [0.1, 0.15) is 4.90 Å². The van der Waals surface area contributed by atoms with Crippen molar-refractivity contribution in [3.05, 3.63) is 93.0 Å². The van der Waals surface area contributed by atoms with Gasteiger partial charge in [-0.1, -0.05) is 11.6 Å². The summed E-state index contributed by atoms with van der Waals surface area (Å²) in [5.74, 6) is -0.393. The molecule has 0 aliphatic heterocycles. The maximum absolute atomic E-state index is 12.6. The molecule has 0 saturated heterocycles. The molecule has 0 aliphatic rings. The average Bonchev–Trinajstić information content (AvgIpc) is 2.81. The van der Waals surface area contributed by atoms with Crippen molar-refractivity contribution in [2.24, 2.45) is 5.10 Å². The van der Waals surface area contributed by atoms with Gasteiger partial charge in [-0.2, -0.15) is 13.5 Å². The molecule has 0 aliphatic carbocycles. The summed E-state index contributed by atoms with van der Waals surface area (Å²) in [7, 11) is -4.27. The van der Waals surface area contributed by atoms with Crippen molar-refractivity contribution >= 4 is 39.5 Å². The van der Waals surface area contributed by atoms with Crippen LogP contribution in [-0.4, -0.2) is 32.1 Å². The average molecular weight is 504 g/mol. The molecule has 0 spiro atoms. The van der Waals surface area contributed by atoms with Gasteiger partial charge in [0.2, 0.25) is 0 Å². The Hall–Kier alpha value is -3.96. The Morgan fingerprint density at radius 1 is 1.09 bits per heavy atom. The van der Waals surface area contributed by atoms with Crippen molar-refractivity contribution in [3.63, 3.8) is 0 Å². The lowest BCUT2D eigenvalue weighted by Gasteiger charge is -2.12. The number of nitrogens with one attached hydrogen (secondary N) is 1. The molecule has 0 fully saturated rings. The zero-order valence-corrected chi connectivity index (χ0v) is 19.2. The number of benzene rings is 3. The molecular weight excluding hydrogens is 486 g/mol. The fourth-order valence-corrected chi connectivity index (χ4v) is 3.74. The minimum atomic E-state index is -4.27. The first-order valence-electron chi connectivity index (χ1n) is 9.74. The second-order valence-corrected chi connectivity index (χ2v) is 8.62. The number of nitro groups is 1. The Morgan fingerprint density at radius 2 is 1.76 bits per heavy atom. The highest BCUT2D eigenvalue weighted by molar-refractivity contribution is 7.87. The van der Waals surface area contributed by atoms with Crippen LogP contribution in [0.15, 0.2) is 76.7 Å². The third kappa shape index (κ3) is 6.30. The minimum absolute atomic E-state index is 0.0810. The smallest absolute Gasteiger partial charge is 0.339 e. The molecule has 0 unspecified atom stereocenters. The number of nitrogens with zero attached hydrogens (tertiary/aromatic N) is 2. The van der Waals surface area contributed by atoms with E-state index in [9.17, 15) is 23.3 Å². The number of halogens is 1. The lowest BCUT2D eigenvalue weighted by atomic mass is 10.2. The highest BCUT2D eigenvalue weighted by Gasteiger charge is 2.20. The van der Waals surface area contributed by atoms with Gasteiger partial charge in [0.05, 0.1) is 17.7 Å². The largest absolute Gasteiger partial charge is 0.490 e. The Bertz CT molecular complexity index is 1330. The molecule has 1 N–H and O–H groups in total. The Kier molecular flexibility index (Phi) is 7.82. The van der Waals surface area contributed by atoms with Crippen LogP contribution in [0.1, 0.15) is 22.8 Å². The topological polar surface area (TPSA) is 137 Å². The molecule has 1 amide bonds. The lowest BCUT2D eigenvalue weighted by Crippen LogP contribution is -2.17. The van der Waals surface area contributed by atoms with Crippen molar-refractivity contribution in [2.75, 3.05) is 6.61 Å². The number of amides is 1. The quantitative estimate of drug-likeness (QED) is 0.200.